The van der Waals surface area contributed by atoms with Crippen LogP contribution in [0.1, 0.15) is 29.6 Å². The van der Waals surface area contributed by atoms with Gasteiger partial charge in [0.1, 0.15) is 0 Å². The first kappa shape index (κ1) is 13.5. The van der Waals surface area contributed by atoms with Crippen molar-refractivity contribution in [2.45, 2.75) is 25.3 Å². The van der Waals surface area contributed by atoms with E-state index in [4.69, 9.17) is 5.11 Å². The summed E-state index contributed by atoms with van der Waals surface area (Å²) in [5.41, 5.74) is 1.22. The number of aromatic nitrogens is 1. The van der Waals surface area contributed by atoms with Crippen molar-refractivity contribution in [2.75, 3.05) is 6.54 Å². The number of nitrogens with zero attached hydrogens (tertiary/aromatic N) is 2. The molecule has 1 aliphatic rings. The molecule has 1 aromatic heterocycles. The number of carbonyl (C=O) groups excluding carboxylic acids is 1. The van der Waals surface area contributed by atoms with E-state index in [9.17, 15) is 9.59 Å². The summed E-state index contributed by atoms with van der Waals surface area (Å²) in [6.07, 6.45) is 3.53. The van der Waals surface area contributed by atoms with Gasteiger partial charge in [0.25, 0.3) is 5.91 Å². The summed E-state index contributed by atoms with van der Waals surface area (Å²) >= 11 is 0. The van der Waals surface area contributed by atoms with Crippen LogP contribution in [0.15, 0.2) is 36.5 Å². The lowest BCUT2D eigenvalue weighted by atomic mass is 10.1. The van der Waals surface area contributed by atoms with Crippen LogP contribution in [-0.4, -0.2) is 39.5 Å². The van der Waals surface area contributed by atoms with Gasteiger partial charge in [0.05, 0.1) is 17.5 Å². The van der Waals surface area contributed by atoms with Crippen molar-refractivity contribution in [3.63, 3.8) is 0 Å². The molecule has 5 nitrogen and oxygen atoms in total. The summed E-state index contributed by atoms with van der Waals surface area (Å²) in [6, 6.07) is 9.43. The fourth-order valence-electron chi connectivity index (χ4n) is 2.48. The molecule has 3 rings (SSSR count). The summed E-state index contributed by atoms with van der Waals surface area (Å²) in [7, 11) is 0. The Kier molecular flexibility index (Phi) is 3.56. The third-order valence-electron chi connectivity index (χ3n) is 3.68. The van der Waals surface area contributed by atoms with E-state index in [1.54, 1.807) is 17.2 Å². The highest BCUT2D eigenvalue weighted by Gasteiger charge is 2.33. The average Bonchev–Trinajstić information content (AvgIpc) is 3.31. The molecule has 0 radical (unpaired) electrons. The number of pyridine rings is 1. The van der Waals surface area contributed by atoms with Crippen LogP contribution in [0.5, 0.6) is 0 Å². The number of carboxylic acids is 1. The van der Waals surface area contributed by atoms with Gasteiger partial charge in [-0.15, -0.1) is 0 Å². The quantitative estimate of drug-likeness (QED) is 0.914. The van der Waals surface area contributed by atoms with Crippen molar-refractivity contribution in [2.24, 2.45) is 0 Å². The van der Waals surface area contributed by atoms with Gasteiger partial charge >= 0.3 is 5.97 Å². The number of hydrogen-bond donors (Lipinski definition) is 1. The van der Waals surface area contributed by atoms with Gasteiger partial charge in [0, 0.05) is 24.2 Å². The van der Waals surface area contributed by atoms with Crippen molar-refractivity contribution in [3.05, 3.63) is 42.1 Å². The van der Waals surface area contributed by atoms with Crippen LogP contribution in [0.4, 0.5) is 0 Å². The predicted molar refractivity (Wildman–Crippen MR) is 78.1 cm³/mol. The standard InChI is InChI=1S/C16H16N2O3/c19-14(20)8-10-18(12-6-7-12)16(21)13-5-1-3-11-4-2-9-17-15(11)13/h1-5,9,12H,6-8,10H2,(H,19,20). The number of hydrogen-bond acceptors (Lipinski definition) is 3. The molecule has 1 heterocycles. The first-order valence-electron chi connectivity index (χ1n) is 7.03. The monoisotopic (exact) mass is 284 g/mol. The van der Waals surface area contributed by atoms with Crippen molar-refractivity contribution in [1.82, 2.24) is 9.88 Å². The molecule has 0 bridgehead atoms. The lowest BCUT2D eigenvalue weighted by Crippen LogP contribution is -2.35. The van der Waals surface area contributed by atoms with E-state index in [0.29, 0.717) is 11.1 Å². The summed E-state index contributed by atoms with van der Waals surface area (Å²) in [5, 5.41) is 9.75. The molecule has 108 valence electrons. The molecule has 0 atom stereocenters. The van der Waals surface area contributed by atoms with Gasteiger partial charge in [-0.2, -0.15) is 0 Å². The van der Waals surface area contributed by atoms with Crippen molar-refractivity contribution in [1.29, 1.82) is 0 Å². The molecule has 1 aliphatic carbocycles. The Bertz CT molecular complexity index is 689. The van der Waals surface area contributed by atoms with Gasteiger partial charge in [-0.3, -0.25) is 14.6 Å². The van der Waals surface area contributed by atoms with E-state index >= 15 is 0 Å². The van der Waals surface area contributed by atoms with Gasteiger partial charge in [-0.05, 0) is 25.0 Å². The molecular weight excluding hydrogens is 268 g/mol. The van der Waals surface area contributed by atoms with Crippen LogP contribution < -0.4 is 0 Å². The minimum atomic E-state index is -0.885. The van der Waals surface area contributed by atoms with E-state index in [2.05, 4.69) is 4.98 Å². The summed E-state index contributed by atoms with van der Waals surface area (Å²) < 4.78 is 0. The molecule has 1 N–H and O–H groups in total. The fraction of sp³-hybridized carbons (Fsp3) is 0.312. The maximum Gasteiger partial charge on any atom is 0.305 e. The zero-order valence-corrected chi connectivity index (χ0v) is 11.5. The van der Waals surface area contributed by atoms with Gasteiger partial charge in [0.15, 0.2) is 0 Å². The number of benzene rings is 1. The summed E-state index contributed by atoms with van der Waals surface area (Å²) in [6.45, 7) is 0.252. The number of amides is 1. The topological polar surface area (TPSA) is 70.5 Å². The Morgan fingerprint density at radius 2 is 2.00 bits per heavy atom. The predicted octanol–water partition coefficient (Wildman–Crippen LogP) is 2.31. The molecule has 2 aromatic rings. The third kappa shape index (κ3) is 2.86. The minimum absolute atomic E-state index is 0.0273. The van der Waals surface area contributed by atoms with E-state index in [0.717, 1.165) is 18.2 Å². The first-order valence-corrected chi connectivity index (χ1v) is 7.03. The molecule has 0 saturated heterocycles. The number of carboxylic acid groups (broad SMARTS) is 1. The van der Waals surface area contributed by atoms with E-state index < -0.39 is 5.97 Å². The SMILES string of the molecule is O=C(O)CCN(C(=O)c1cccc2cccnc12)C1CC1. The Labute approximate surface area is 122 Å². The zero-order chi connectivity index (χ0) is 14.8. The van der Waals surface area contributed by atoms with E-state index in [1.165, 1.54) is 0 Å². The van der Waals surface area contributed by atoms with Crippen LogP contribution in [0, 0.1) is 0 Å². The van der Waals surface area contributed by atoms with Crippen molar-refractivity contribution in [3.8, 4) is 0 Å². The molecule has 1 fully saturated rings. The van der Waals surface area contributed by atoms with E-state index in [1.807, 2.05) is 24.3 Å². The molecule has 1 saturated carbocycles. The van der Waals surface area contributed by atoms with Gasteiger partial charge in [0.2, 0.25) is 0 Å². The Balaban J connectivity index is 1.92. The number of para-hydroxylation sites is 1. The average molecular weight is 284 g/mol. The second-order valence-electron chi connectivity index (χ2n) is 5.25. The number of carbonyl (C=O) groups is 2. The first-order chi connectivity index (χ1) is 10.2. The lowest BCUT2D eigenvalue weighted by molar-refractivity contribution is -0.137. The highest BCUT2D eigenvalue weighted by atomic mass is 16.4. The van der Waals surface area contributed by atoms with Crippen LogP contribution in [0.3, 0.4) is 0 Å². The summed E-state index contributed by atoms with van der Waals surface area (Å²) in [5.74, 6) is -1.01. The van der Waals surface area contributed by atoms with Crippen molar-refractivity contribution < 1.29 is 14.7 Å². The van der Waals surface area contributed by atoms with Crippen LogP contribution in [0.25, 0.3) is 10.9 Å². The number of fused-ring (bicyclic) bond motifs is 1. The Morgan fingerprint density at radius 1 is 1.24 bits per heavy atom. The second kappa shape index (κ2) is 5.52. The molecule has 0 aliphatic heterocycles. The Hall–Kier alpha value is -2.43. The third-order valence-corrected chi connectivity index (χ3v) is 3.68. The highest BCUT2D eigenvalue weighted by Crippen LogP contribution is 2.29. The Morgan fingerprint density at radius 3 is 2.71 bits per heavy atom. The largest absolute Gasteiger partial charge is 0.481 e. The lowest BCUT2D eigenvalue weighted by Gasteiger charge is -2.22. The van der Waals surface area contributed by atoms with Crippen molar-refractivity contribution >= 4 is 22.8 Å². The van der Waals surface area contributed by atoms with E-state index in [-0.39, 0.29) is 24.9 Å². The van der Waals surface area contributed by atoms with Gasteiger partial charge in [-0.25, -0.2) is 0 Å². The maximum atomic E-state index is 12.7. The highest BCUT2D eigenvalue weighted by molar-refractivity contribution is 6.05. The normalized spacial score (nSPS) is 14.1. The van der Waals surface area contributed by atoms with Gasteiger partial charge in [-0.1, -0.05) is 18.2 Å². The number of aliphatic carboxylic acids is 1. The molecule has 0 unspecified atom stereocenters. The molecule has 5 heteroatoms. The molecule has 1 amide bonds. The zero-order valence-electron chi connectivity index (χ0n) is 11.5. The van der Waals surface area contributed by atoms with Crippen LogP contribution in [0.2, 0.25) is 0 Å². The second-order valence-corrected chi connectivity index (χ2v) is 5.25. The maximum absolute atomic E-state index is 12.7. The molecule has 0 spiro atoms. The van der Waals surface area contributed by atoms with Crippen LogP contribution in [-0.2, 0) is 4.79 Å². The molecule has 1 aromatic carbocycles. The minimum Gasteiger partial charge on any atom is -0.481 e. The van der Waals surface area contributed by atoms with Gasteiger partial charge < -0.3 is 10.0 Å². The number of rotatable bonds is 5. The fourth-order valence-corrected chi connectivity index (χ4v) is 2.48. The molecule has 21 heavy (non-hydrogen) atoms. The molecular formula is C16H16N2O3. The smallest absolute Gasteiger partial charge is 0.305 e. The summed E-state index contributed by atoms with van der Waals surface area (Å²) in [4.78, 5) is 29.5. The van der Waals surface area contributed by atoms with Crippen LogP contribution >= 0.6 is 0 Å².